The highest BCUT2D eigenvalue weighted by atomic mass is 32.2. The van der Waals surface area contributed by atoms with Gasteiger partial charge in [-0.05, 0) is 24.3 Å². The number of benzene rings is 1. The van der Waals surface area contributed by atoms with Crippen LogP contribution < -0.4 is 5.32 Å². The van der Waals surface area contributed by atoms with E-state index < -0.39 is 10.0 Å². The highest BCUT2D eigenvalue weighted by Gasteiger charge is 2.29. The van der Waals surface area contributed by atoms with Crippen molar-refractivity contribution in [2.75, 3.05) is 18.8 Å². The maximum absolute atomic E-state index is 12.5. The van der Waals surface area contributed by atoms with Gasteiger partial charge in [-0.2, -0.15) is 0 Å². The third kappa shape index (κ3) is 3.40. The maximum Gasteiger partial charge on any atom is 0.256 e. The standard InChI is InChI=1S/C17H16N4O3S2/c22-17(12-4-3-9-21-10-11-26(23,24)20-16(12)21)18-8-7-15-19-13-5-1-2-6-14(13)25-15/h1-6,9H,7-8,10-11H2,(H,18,22). The second kappa shape index (κ2) is 6.65. The molecule has 0 atom stereocenters. The Morgan fingerprint density at radius 2 is 2.15 bits per heavy atom. The molecule has 1 aromatic heterocycles. The number of hydrogen-bond donors (Lipinski definition) is 1. The molecule has 0 saturated heterocycles. The minimum atomic E-state index is -3.51. The number of sulfonamides is 1. The van der Waals surface area contributed by atoms with Crippen LogP contribution in [0, 0.1) is 0 Å². The molecule has 0 spiro atoms. The lowest BCUT2D eigenvalue weighted by molar-refractivity contribution is -0.117. The SMILES string of the molecule is O=C(NCCc1nc2ccccc2s1)C1=CC=CN2CCS(=O)(=O)N=C12. The average molecular weight is 388 g/mol. The number of thiazole rings is 1. The van der Waals surface area contributed by atoms with Gasteiger partial charge in [0.1, 0.15) is 0 Å². The van der Waals surface area contributed by atoms with Gasteiger partial charge in [0.25, 0.3) is 15.9 Å². The number of amidine groups is 1. The van der Waals surface area contributed by atoms with Crippen molar-refractivity contribution in [1.82, 2.24) is 15.2 Å². The van der Waals surface area contributed by atoms with Gasteiger partial charge in [-0.1, -0.05) is 12.1 Å². The van der Waals surface area contributed by atoms with E-state index in [2.05, 4.69) is 14.7 Å². The largest absolute Gasteiger partial charge is 0.351 e. The molecule has 0 fully saturated rings. The number of para-hydroxylation sites is 1. The predicted molar refractivity (Wildman–Crippen MR) is 101 cm³/mol. The number of carbonyl (C=O) groups is 1. The molecule has 134 valence electrons. The Labute approximate surface area is 154 Å². The molecule has 1 aromatic carbocycles. The van der Waals surface area contributed by atoms with Gasteiger partial charge >= 0.3 is 0 Å². The van der Waals surface area contributed by atoms with E-state index in [0.29, 0.717) is 19.5 Å². The van der Waals surface area contributed by atoms with Crippen LogP contribution in [0.3, 0.4) is 0 Å². The van der Waals surface area contributed by atoms with Gasteiger partial charge < -0.3 is 10.2 Å². The quantitative estimate of drug-likeness (QED) is 0.856. The summed E-state index contributed by atoms with van der Waals surface area (Å²) in [7, 11) is -3.51. The molecule has 0 aliphatic carbocycles. The van der Waals surface area contributed by atoms with Crippen molar-refractivity contribution in [3.05, 3.63) is 53.2 Å². The number of nitrogens with zero attached hydrogens (tertiary/aromatic N) is 3. The van der Waals surface area contributed by atoms with E-state index in [1.807, 2.05) is 24.3 Å². The lowest BCUT2D eigenvalue weighted by Crippen LogP contribution is -2.42. The van der Waals surface area contributed by atoms with Crippen LogP contribution in [0.5, 0.6) is 0 Å². The number of hydrogen-bond acceptors (Lipinski definition) is 6. The van der Waals surface area contributed by atoms with E-state index in [4.69, 9.17) is 0 Å². The average Bonchev–Trinajstić information content (AvgIpc) is 3.03. The molecule has 0 radical (unpaired) electrons. The first-order valence-corrected chi connectivity index (χ1v) is 10.6. The summed E-state index contributed by atoms with van der Waals surface area (Å²) in [5.41, 5.74) is 1.22. The molecule has 0 saturated carbocycles. The van der Waals surface area contributed by atoms with Crippen LogP contribution >= 0.6 is 11.3 Å². The third-order valence-electron chi connectivity index (χ3n) is 4.06. The van der Waals surface area contributed by atoms with E-state index in [9.17, 15) is 13.2 Å². The molecule has 3 heterocycles. The molecule has 2 aromatic rings. The molecule has 1 N–H and O–H groups in total. The molecular formula is C17H16N4O3S2. The van der Waals surface area contributed by atoms with Crippen LogP contribution in [-0.4, -0.2) is 48.9 Å². The van der Waals surface area contributed by atoms with Crippen LogP contribution in [0.15, 0.2) is 52.6 Å². The van der Waals surface area contributed by atoms with Crippen molar-refractivity contribution in [2.24, 2.45) is 4.40 Å². The van der Waals surface area contributed by atoms with Crippen molar-refractivity contribution in [3.8, 4) is 0 Å². The molecule has 2 aliphatic rings. The summed E-state index contributed by atoms with van der Waals surface area (Å²) in [5, 5.41) is 3.78. The normalized spacial score (nSPS) is 18.2. The van der Waals surface area contributed by atoms with Gasteiger partial charge in [-0.25, -0.2) is 13.4 Å². The van der Waals surface area contributed by atoms with Crippen molar-refractivity contribution < 1.29 is 13.2 Å². The van der Waals surface area contributed by atoms with E-state index >= 15 is 0 Å². The number of nitrogens with one attached hydrogen (secondary N) is 1. The molecule has 9 heteroatoms. The Morgan fingerprint density at radius 3 is 3.00 bits per heavy atom. The number of carbonyl (C=O) groups excluding carboxylic acids is 1. The Morgan fingerprint density at radius 1 is 1.31 bits per heavy atom. The van der Waals surface area contributed by atoms with E-state index in [0.717, 1.165) is 15.2 Å². The number of rotatable bonds is 4. The molecule has 2 aliphatic heterocycles. The van der Waals surface area contributed by atoms with Crippen LogP contribution in [0.2, 0.25) is 0 Å². The summed E-state index contributed by atoms with van der Waals surface area (Å²) in [6.07, 6.45) is 5.65. The number of aromatic nitrogens is 1. The first kappa shape index (κ1) is 16.9. The topological polar surface area (TPSA) is 91.7 Å². The summed E-state index contributed by atoms with van der Waals surface area (Å²) >= 11 is 1.60. The van der Waals surface area contributed by atoms with Gasteiger partial charge in [-0.15, -0.1) is 15.7 Å². The lowest BCUT2D eigenvalue weighted by Gasteiger charge is -2.28. The Hall–Kier alpha value is -2.52. The predicted octanol–water partition coefficient (Wildman–Crippen LogP) is 1.45. The lowest BCUT2D eigenvalue weighted by atomic mass is 10.1. The summed E-state index contributed by atoms with van der Waals surface area (Å²) in [5.74, 6) is -0.194. The smallest absolute Gasteiger partial charge is 0.256 e. The number of amides is 1. The fourth-order valence-electron chi connectivity index (χ4n) is 2.80. The van der Waals surface area contributed by atoms with E-state index in [-0.39, 0.29) is 23.1 Å². The Balaban J connectivity index is 1.43. The second-order valence-corrected chi connectivity index (χ2v) is 8.77. The van der Waals surface area contributed by atoms with Crippen molar-refractivity contribution in [2.45, 2.75) is 6.42 Å². The van der Waals surface area contributed by atoms with Gasteiger partial charge in [0.15, 0.2) is 5.84 Å². The molecule has 26 heavy (non-hydrogen) atoms. The molecule has 1 amide bonds. The fraction of sp³-hybridized carbons (Fsp3) is 0.235. The van der Waals surface area contributed by atoms with Crippen LogP contribution in [0.4, 0.5) is 0 Å². The minimum Gasteiger partial charge on any atom is -0.351 e. The highest BCUT2D eigenvalue weighted by molar-refractivity contribution is 7.90. The van der Waals surface area contributed by atoms with Crippen molar-refractivity contribution in [1.29, 1.82) is 0 Å². The number of allylic oxidation sites excluding steroid dienone is 2. The monoisotopic (exact) mass is 388 g/mol. The zero-order valence-corrected chi connectivity index (χ0v) is 15.4. The van der Waals surface area contributed by atoms with Crippen LogP contribution in [-0.2, 0) is 21.2 Å². The first-order chi connectivity index (χ1) is 12.5. The van der Waals surface area contributed by atoms with Crippen molar-refractivity contribution >= 4 is 43.3 Å². The van der Waals surface area contributed by atoms with Crippen LogP contribution in [0.25, 0.3) is 10.2 Å². The zero-order chi connectivity index (χ0) is 18.1. The molecule has 7 nitrogen and oxygen atoms in total. The highest BCUT2D eigenvalue weighted by Crippen LogP contribution is 2.22. The summed E-state index contributed by atoms with van der Waals surface area (Å²) in [6.45, 7) is 0.716. The Kier molecular flexibility index (Phi) is 4.33. The third-order valence-corrected chi connectivity index (χ3v) is 6.31. The fourth-order valence-corrected chi connectivity index (χ4v) is 4.75. The Bertz CT molecular complexity index is 1030. The van der Waals surface area contributed by atoms with E-state index in [1.165, 1.54) is 0 Å². The molecule has 4 rings (SSSR count). The summed E-state index contributed by atoms with van der Waals surface area (Å²) in [4.78, 5) is 18.7. The summed E-state index contributed by atoms with van der Waals surface area (Å²) in [6, 6.07) is 7.90. The summed E-state index contributed by atoms with van der Waals surface area (Å²) < 4.78 is 28.4. The van der Waals surface area contributed by atoms with Gasteiger partial charge in [-0.3, -0.25) is 4.79 Å². The zero-order valence-electron chi connectivity index (χ0n) is 13.8. The maximum atomic E-state index is 12.5. The first-order valence-electron chi connectivity index (χ1n) is 8.13. The number of fused-ring (bicyclic) bond motifs is 2. The van der Waals surface area contributed by atoms with Crippen LogP contribution in [0.1, 0.15) is 5.01 Å². The molecule has 0 unspecified atom stereocenters. The van der Waals surface area contributed by atoms with Crippen molar-refractivity contribution in [3.63, 3.8) is 0 Å². The molecule has 0 bridgehead atoms. The van der Waals surface area contributed by atoms with E-state index in [1.54, 1.807) is 34.6 Å². The second-order valence-electron chi connectivity index (χ2n) is 5.90. The molecular weight excluding hydrogens is 372 g/mol. The minimum absolute atomic E-state index is 0.0483. The van der Waals surface area contributed by atoms with Gasteiger partial charge in [0, 0.05) is 25.7 Å². The van der Waals surface area contributed by atoms with Gasteiger partial charge in [0.2, 0.25) is 0 Å². The van der Waals surface area contributed by atoms with Gasteiger partial charge in [0.05, 0.1) is 26.6 Å².